The molecule has 0 unspecified atom stereocenters. The molecule has 0 aliphatic heterocycles. The molecule has 5 nitrogen and oxygen atoms in total. The van der Waals surface area contributed by atoms with Crippen molar-refractivity contribution in [3.05, 3.63) is 0 Å². The molecule has 0 aromatic rings. The number of rotatable bonds is 6. The van der Waals surface area contributed by atoms with E-state index >= 15 is 0 Å². The van der Waals surface area contributed by atoms with Gasteiger partial charge in [0.1, 0.15) is 6.61 Å². The van der Waals surface area contributed by atoms with Gasteiger partial charge in [-0.05, 0) is 26.7 Å². The predicted molar refractivity (Wildman–Crippen MR) is 66.3 cm³/mol. The van der Waals surface area contributed by atoms with E-state index in [0.29, 0.717) is 6.54 Å². The van der Waals surface area contributed by atoms with E-state index in [-0.39, 0.29) is 30.6 Å². The smallest absolute Gasteiger partial charge is 0.249 e. The molecule has 2 amide bonds. The number of nitrogens with zero attached hydrogens (tertiary/aromatic N) is 1. The molecule has 0 spiro atoms. The van der Waals surface area contributed by atoms with Gasteiger partial charge in [-0.1, -0.05) is 13.8 Å². The highest BCUT2D eigenvalue weighted by molar-refractivity contribution is 5.84. The van der Waals surface area contributed by atoms with Crippen LogP contribution in [0.1, 0.15) is 34.6 Å². The van der Waals surface area contributed by atoms with Gasteiger partial charge in [0.15, 0.2) is 0 Å². The summed E-state index contributed by atoms with van der Waals surface area (Å²) >= 11 is 0. The van der Waals surface area contributed by atoms with E-state index in [0.717, 1.165) is 0 Å². The van der Waals surface area contributed by atoms with Crippen molar-refractivity contribution in [1.82, 2.24) is 4.90 Å². The third kappa shape index (κ3) is 8.68. The number of carbonyl (C=O) groups is 2. The Balaban J connectivity index is 4.37. The van der Waals surface area contributed by atoms with Crippen molar-refractivity contribution < 1.29 is 14.3 Å². The summed E-state index contributed by atoms with van der Waals surface area (Å²) < 4.78 is 5.39. The van der Waals surface area contributed by atoms with E-state index in [4.69, 9.17) is 10.5 Å². The van der Waals surface area contributed by atoms with Gasteiger partial charge >= 0.3 is 0 Å². The predicted octanol–water partition coefficient (Wildman–Crippen LogP) is 0.771. The topological polar surface area (TPSA) is 72.6 Å². The molecular formula is C12H24N2O3. The van der Waals surface area contributed by atoms with Crippen LogP contribution < -0.4 is 5.73 Å². The minimum Gasteiger partial charge on any atom is -0.368 e. The van der Waals surface area contributed by atoms with E-state index < -0.39 is 5.91 Å². The van der Waals surface area contributed by atoms with Gasteiger partial charge in [0, 0.05) is 6.54 Å². The maximum Gasteiger partial charge on any atom is 0.249 e. The highest BCUT2D eigenvalue weighted by Gasteiger charge is 2.20. The molecule has 0 aromatic carbocycles. The lowest BCUT2D eigenvalue weighted by atomic mass is 10.2. The average Bonchev–Trinajstić information content (AvgIpc) is 2.10. The second-order valence-electron chi connectivity index (χ2n) is 5.54. The van der Waals surface area contributed by atoms with Crippen molar-refractivity contribution in [2.24, 2.45) is 11.7 Å². The molecule has 0 aliphatic carbocycles. The number of nitrogens with two attached hydrogens (primary N) is 1. The third-order valence-electron chi connectivity index (χ3n) is 1.91. The number of amides is 2. The first-order valence-electron chi connectivity index (χ1n) is 5.82. The molecule has 17 heavy (non-hydrogen) atoms. The number of hydrogen-bond donors (Lipinski definition) is 1. The molecule has 5 heteroatoms. The van der Waals surface area contributed by atoms with Crippen LogP contribution in [0, 0.1) is 5.92 Å². The zero-order valence-corrected chi connectivity index (χ0v) is 11.4. The van der Waals surface area contributed by atoms with Crippen LogP contribution in [0.3, 0.4) is 0 Å². The van der Waals surface area contributed by atoms with Crippen molar-refractivity contribution in [3.63, 3.8) is 0 Å². The summed E-state index contributed by atoms with van der Waals surface area (Å²) in [6.45, 7) is 10.0. The fourth-order valence-electron chi connectivity index (χ4n) is 1.25. The summed E-state index contributed by atoms with van der Waals surface area (Å²) in [5.41, 5.74) is 4.75. The summed E-state index contributed by atoms with van der Waals surface area (Å²) in [5, 5.41) is 0. The van der Waals surface area contributed by atoms with E-state index in [1.165, 1.54) is 4.90 Å². The Bertz CT molecular complexity index is 269. The first-order valence-corrected chi connectivity index (χ1v) is 5.82. The molecule has 0 heterocycles. The van der Waals surface area contributed by atoms with Crippen molar-refractivity contribution in [3.8, 4) is 0 Å². The number of carbonyl (C=O) groups excluding carboxylic acids is 2. The second kappa shape index (κ2) is 6.59. The quantitative estimate of drug-likeness (QED) is 0.750. The molecule has 0 aliphatic rings. The molecule has 0 saturated carbocycles. The van der Waals surface area contributed by atoms with E-state index in [1.54, 1.807) is 0 Å². The summed E-state index contributed by atoms with van der Waals surface area (Å²) in [6, 6.07) is 0. The summed E-state index contributed by atoms with van der Waals surface area (Å²) in [6.07, 6.45) is 0. The fraction of sp³-hybridized carbons (Fsp3) is 0.833. The Morgan fingerprint density at radius 1 is 1.29 bits per heavy atom. The number of hydrogen-bond acceptors (Lipinski definition) is 3. The molecule has 0 radical (unpaired) electrons. The normalized spacial score (nSPS) is 11.6. The minimum atomic E-state index is -0.505. The van der Waals surface area contributed by atoms with Crippen LogP contribution in [0.2, 0.25) is 0 Å². The fourth-order valence-corrected chi connectivity index (χ4v) is 1.25. The van der Waals surface area contributed by atoms with Crippen LogP contribution in [0.5, 0.6) is 0 Å². The van der Waals surface area contributed by atoms with Crippen LogP contribution >= 0.6 is 0 Å². The van der Waals surface area contributed by atoms with E-state index in [2.05, 4.69) is 0 Å². The summed E-state index contributed by atoms with van der Waals surface area (Å²) in [7, 11) is 0. The average molecular weight is 244 g/mol. The lowest BCUT2D eigenvalue weighted by Gasteiger charge is -2.25. The second-order valence-corrected chi connectivity index (χ2v) is 5.54. The molecule has 0 atom stereocenters. The first kappa shape index (κ1) is 15.9. The Hall–Kier alpha value is -1.10. The maximum atomic E-state index is 11.9. The van der Waals surface area contributed by atoms with Crippen molar-refractivity contribution in [1.29, 1.82) is 0 Å². The molecule has 0 rings (SSSR count). The van der Waals surface area contributed by atoms with Crippen LogP contribution in [-0.2, 0) is 14.3 Å². The van der Waals surface area contributed by atoms with Crippen LogP contribution in [0.15, 0.2) is 0 Å². The zero-order chi connectivity index (χ0) is 13.6. The van der Waals surface area contributed by atoms with Gasteiger partial charge in [0.2, 0.25) is 11.8 Å². The minimum absolute atomic E-state index is 0.0243. The van der Waals surface area contributed by atoms with Gasteiger partial charge in [-0.3, -0.25) is 9.59 Å². The monoisotopic (exact) mass is 244 g/mol. The van der Waals surface area contributed by atoms with Crippen molar-refractivity contribution >= 4 is 11.8 Å². The largest absolute Gasteiger partial charge is 0.368 e. The molecule has 0 bridgehead atoms. The lowest BCUT2D eigenvalue weighted by molar-refractivity contribution is -0.143. The Kier molecular flexibility index (Phi) is 6.16. The molecular weight excluding hydrogens is 220 g/mol. The van der Waals surface area contributed by atoms with Crippen molar-refractivity contribution in [2.75, 3.05) is 19.7 Å². The van der Waals surface area contributed by atoms with E-state index in [1.807, 2.05) is 34.6 Å². The Morgan fingerprint density at radius 3 is 2.18 bits per heavy atom. The molecule has 0 saturated heterocycles. The highest BCUT2D eigenvalue weighted by Crippen LogP contribution is 2.07. The third-order valence-corrected chi connectivity index (χ3v) is 1.91. The van der Waals surface area contributed by atoms with Gasteiger partial charge in [-0.2, -0.15) is 0 Å². The van der Waals surface area contributed by atoms with Crippen molar-refractivity contribution in [2.45, 2.75) is 40.2 Å². The highest BCUT2D eigenvalue weighted by atomic mass is 16.5. The molecule has 0 fully saturated rings. The number of primary amides is 1. The number of ether oxygens (including phenoxy) is 1. The first-order chi connectivity index (χ1) is 7.61. The molecule has 0 aromatic heterocycles. The molecule has 2 N–H and O–H groups in total. The zero-order valence-electron chi connectivity index (χ0n) is 11.4. The van der Waals surface area contributed by atoms with Gasteiger partial charge in [0.05, 0.1) is 12.1 Å². The summed E-state index contributed by atoms with van der Waals surface area (Å²) in [4.78, 5) is 24.2. The van der Waals surface area contributed by atoms with E-state index in [9.17, 15) is 9.59 Å². The Labute approximate surface area is 103 Å². The maximum absolute atomic E-state index is 11.9. The molecule has 100 valence electrons. The van der Waals surface area contributed by atoms with Gasteiger partial charge < -0.3 is 15.4 Å². The van der Waals surface area contributed by atoms with Gasteiger partial charge in [-0.15, -0.1) is 0 Å². The Morgan fingerprint density at radius 2 is 1.82 bits per heavy atom. The standard InChI is InChI=1S/C12H24N2O3/c1-9(2)6-14(7-10(13)15)11(16)8-17-12(3,4)5/h9H,6-8H2,1-5H3,(H2,13,15). The van der Waals surface area contributed by atoms with Gasteiger partial charge in [-0.25, -0.2) is 0 Å². The van der Waals surface area contributed by atoms with Crippen LogP contribution in [0.25, 0.3) is 0 Å². The SMILES string of the molecule is CC(C)CN(CC(N)=O)C(=O)COC(C)(C)C. The van der Waals surface area contributed by atoms with Crippen LogP contribution in [0.4, 0.5) is 0 Å². The van der Waals surface area contributed by atoms with Crippen LogP contribution in [-0.4, -0.2) is 42.0 Å². The lowest BCUT2D eigenvalue weighted by Crippen LogP contribution is -2.43. The summed E-state index contributed by atoms with van der Waals surface area (Å²) in [5.74, 6) is -0.421. The van der Waals surface area contributed by atoms with Gasteiger partial charge in [0.25, 0.3) is 0 Å².